The number of hydrogen-bond donors (Lipinski definition) is 1. The average Bonchev–Trinajstić information content (AvgIpc) is 2.18. The summed E-state index contributed by atoms with van der Waals surface area (Å²) in [5.74, 6) is 0.309. The molecule has 0 saturated heterocycles. The minimum absolute atomic E-state index is 0.0527. The molecule has 0 spiro atoms. The van der Waals surface area contributed by atoms with Crippen molar-refractivity contribution in [1.29, 1.82) is 0 Å². The molecule has 82 valence electrons. The zero-order valence-corrected chi connectivity index (χ0v) is 9.26. The van der Waals surface area contributed by atoms with Crippen LogP contribution in [0.4, 0.5) is 0 Å². The third-order valence-corrected chi connectivity index (χ3v) is 2.45. The van der Waals surface area contributed by atoms with E-state index in [9.17, 15) is 9.46 Å². The first kappa shape index (κ1) is 12.0. The van der Waals surface area contributed by atoms with E-state index in [4.69, 9.17) is 4.52 Å². The van der Waals surface area contributed by atoms with E-state index in [1.54, 1.807) is 49.4 Å². The number of hydrogen-bond acceptors (Lipinski definition) is 3. The summed E-state index contributed by atoms with van der Waals surface area (Å²) in [7, 11) is -4.00. The van der Waals surface area contributed by atoms with Gasteiger partial charge in [0.2, 0.25) is 0 Å². The maximum atomic E-state index is 11.3. The molecule has 0 aliphatic carbocycles. The first-order valence-corrected chi connectivity index (χ1v) is 5.97. The average molecular weight is 228 g/mol. The maximum Gasteiger partial charge on any atom is 0.527 e. The fraction of sp³-hybridized carbons (Fsp3) is 0.200. The third-order valence-electron chi connectivity index (χ3n) is 1.53. The van der Waals surface area contributed by atoms with Crippen LogP contribution >= 0.6 is 7.82 Å². The standard InChI is InChI=1S/C10H13O4P/c1-2-3-9-13-15(11,12)14-10-7-5-4-6-8-10/h2-8H,9H2,1H3,(H,11,12)/b3-2+. The molecule has 0 fully saturated rings. The van der Waals surface area contributed by atoms with Gasteiger partial charge in [0.05, 0.1) is 6.61 Å². The van der Waals surface area contributed by atoms with E-state index in [1.807, 2.05) is 0 Å². The van der Waals surface area contributed by atoms with Crippen molar-refractivity contribution in [3.63, 3.8) is 0 Å². The summed E-state index contributed by atoms with van der Waals surface area (Å²) >= 11 is 0. The van der Waals surface area contributed by atoms with E-state index < -0.39 is 7.82 Å². The van der Waals surface area contributed by atoms with Gasteiger partial charge in [-0.1, -0.05) is 30.4 Å². The van der Waals surface area contributed by atoms with Gasteiger partial charge in [0.25, 0.3) is 0 Å². The largest absolute Gasteiger partial charge is 0.527 e. The van der Waals surface area contributed by atoms with Crippen LogP contribution in [0.5, 0.6) is 5.75 Å². The quantitative estimate of drug-likeness (QED) is 0.621. The Labute approximate surface area is 88.8 Å². The van der Waals surface area contributed by atoms with Gasteiger partial charge >= 0.3 is 7.82 Å². The van der Waals surface area contributed by atoms with Gasteiger partial charge < -0.3 is 4.52 Å². The molecule has 1 N–H and O–H groups in total. The molecule has 0 amide bonds. The Bertz CT molecular complexity index is 361. The van der Waals surface area contributed by atoms with Crippen molar-refractivity contribution >= 4 is 7.82 Å². The molecule has 0 bridgehead atoms. The number of phosphoric ester groups is 1. The van der Waals surface area contributed by atoms with Crippen molar-refractivity contribution in [1.82, 2.24) is 0 Å². The normalized spacial score (nSPS) is 15.1. The molecule has 1 unspecified atom stereocenters. The van der Waals surface area contributed by atoms with Crippen molar-refractivity contribution in [2.75, 3.05) is 6.61 Å². The topological polar surface area (TPSA) is 55.8 Å². The van der Waals surface area contributed by atoms with Crippen molar-refractivity contribution < 1.29 is 18.5 Å². The molecule has 1 rings (SSSR count). The first-order valence-electron chi connectivity index (χ1n) is 4.47. The van der Waals surface area contributed by atoms with Gasteiger partial charge in [0, 0.05) is 0 Å². The predicted molar refractivity (Wildman–Crippen MR) is 57.7 cm³/mol. The van der Waals surface area contributed by atoms with Crippen molar-refractivity contribution in [2.45, 2.75) is 6.92 Å². The highest BCUT2D eigenvalue weighted by atomic mass is 31.2. The third kappa shape index (κ3) is 4.79. The molecule has 1 aromatic rings. The van der Waals surface area contributed by atoms with Crippen LogP contribution in [0, 0.1) is 0 Å². The van der Waals surface area contributed by atoms with Gasteiger partial charge in [-0.15, -0.1) is 0 Å². The van der Waals surface area contributed by atoms with Gasteiger partial charge in [-0.05, 0) is 19.1 Å². The second-order valence-corrected chi connectivity index (χ2v) is 4.12. The van der Waals surface area contributed by atoms with Crippen LogP contribution in [0.25, 0.3) is 0 Å². The highest BCUT2D eigenvalue weighted by Crippen LogP contribution is 2.43. The number of allylic oxidation sites excluding steroid dienone is 1. The van der Waals surface area contributed by atoms with Gasteiger partial charge in [-0.25, -0.2) is 4.57 Å². The Kier molecular flexibility index (Phi) is 4.56. The Morgan fingerprint density at radius 1 is 1.40 bits per heavy atom. The van der Waals surface area contributed by atoms with Crippen LogP contribution in [-0.2, 0) is 9.09 Å². The van der Waals surface area contributed by atoms with E-state index in [0.717, 1.165) is 0 Å². The monoisotopic (exact) mass is 228 g/mol. The zero-order valence-electron chi connectivity index (χ0n) is 8.37. The summed E-state index contributed by atoms with van der Waals surface area (Å²) < 4.78 is 20.8. The molecular weight excluding hydrogens is 215 g/mol. The number of benzene rings is 1. The van der Waals surface area contributed by atoms with E-state index in [-0.39, 0.29) is 6.61 Å². The summed E-state index contributed by atoms with van der Waals surface area (Å²) in [6, 6.07) is 8.38. The molecule has 0 heterocycles. The van der Waals surface area contributed by atoms with E-state index in [1.165, 1.54) is 0 Å². The summed E-state index contributed by atoms with van der Waals surface area (Å²) in [6.07, 6.45) is 3.35. The number of phosphoric acid groups is 1. The second-order valence-electron chi connectivity index (χ2n) is 2.74. The molecule has 0 radical (unpaired) electrons. The van der Waals surface area contributed by atoms with Crippen LogP contribution in [0.15, 0.2) is 42.5 Å². The molecule has 15 heavy (non-hydrogen) atoms. The molecule has 4 nitrogen and oxygen atoms in total. The molecular formula is C10H13O4P. The summed E-state index contributed by atoms with van der Waals surface area (Å²) in [5.41, 5.74) is 0. The molecule has 1 atom stereocenters. The molecule has 0 aliphatic heterocycles. The van der Waals surface area contributed by atoms with Crippen molar-refractivity contribution in [2.24, 2.45) is 0 Å². The van der Waals surface area contributed by atoms with Gasteiger partial charge in [-0.2, -0.15) is 0 Å². The van der Waals surface area contributed by atoms with Gasteiger partial charge in [0.1, 0.15) is 5.75 Å². The van der Waals surface area contributed by atoms with Crippen molar-refractivity contribution in [3.8, 4) is 5.75 Å². The minimum Gasteiger partial charge on any atom is -0.404 e. The lowest BCUT2D eigenvalue weighted by atomic mass is 10.3. The van der Waals surface area contributed by atoms with E-state index in [0.29, 0.717) is 5.75 Å². The fourth-order valence-corrected chi connectivity index (χ4v) is 1.59. The van der Waals surface area contributed by atoms with Crippen LogP contribution in [0.1, 0.15) is 6.92 Å². The molecule has 5 heteroatoms. The van der Waals surface area contributed by atoms with Gasteiger partial charge in [-0.3, -0.25) is 9.42 Å². The summed E-state index contributed by atoms with van der Waals surface area (Å²) in [4.78, 5) is 9.27. The van der Waals surface area contributed by atoms with Crippen LogP contribution in [-0.4, -0.2) is 11.5 Å². The highest BCUT2D eigenvalue weighted by molar-refractivity contribution is 7.47. The fourth-order valence-electron chi connectivity index (χ4n) is 0.874. The predicted octanol–water partition coefficient (Wildman–Crippen LogP) is 2.76. The lowest BCUT2D eigenvalue weighted by Crippen LogP contribution is -1.97. The van der Waals surface area contributed by atoms with E-state index >= 15 is 0 Å². The van der Waals surface area contributed by atoms with Gasteiger partial charge in [0.15, 0.2) is 0 Å². The Balaban J connectivity index is 2.53. The Hall–Kier alpha value is -1.09. The molecule has 0 aromatic heterocycles. The number of para-hydroxylation sites is 1. The summed E-state index contributed by atoms with van der Waals surface area (Å²) in [6.45, 7) is 1.85. The Morgan fingerprint density at radius 2 is 2.07 bits per heavy atom. The van der Waals surface area contributed by atoms with E-state index in [2.05, 4.69) is 4.52 Å². The first-order chi connectivity index (χ1) is 7.14. The van der Waals surface area contributed by atoms with Crippen LogP contribution in [0.2, 0.25) is 0 Å². The Morgan fingerprint density at radius 3 is 2.67 bits per heavy atom. The lowest BCUT2D eigenvalue weighted by molar-refractivity contribution is 0.222. The lowest BCUT2D eigenvalue weighted by Gasteiger charge is -2.11. The minimum atomic E-state index is -4.00. The smallest absolute Gasteiger partial charge is 0.404 e. The maximum absolute atomic E-state index is 11.3. The second kappa shape index (κ2) is 5.71. The van der Waals surface area contributed by atoms with Crippen LogP contribution < -0.4 is 4.52 Å². The molecule has 1 aromatic carbocycles. The van der Waals surface area contributed by atoms with Crippen molar-refractivity contribution in [3.05, 3.63) is 42.5 Å². The van der Waals surface area contributed by atoms with Crippen LogP contribution in [0.3, 0.4) is 0 Å². The SMILES string of the molecule is C/C=C/COP(=O)(O)Oc1ccccc1. The molecule has 0 saturated carbocycles. The number of rotatable bonds is 5. The zero-order chi connectivity index (χ0) is 11.1. The molecule has 0 aliphatic rings. The highest BCUT2D eigenvalue weighted by Gasteiger charge is 2.21. The summed E-state index contributed by atoms with van der Waals surface area (Å²) in [5, 5.41) is 0.